The molecular weight excluding hydrogens is 222 g/mol. The Morgan fingerprint density at radius 3 is 2.61 bits per heavy atom. The van der Waals surface area contributed by atoms with Gasteiger partial charge in [-0.15, -0.1) is 0 Å². The van der Waals surface area contributed by atoms with Crippen LogP contribution >= 0.6 is 0 Å². The van der Waals surface area contributed by atoms with E-state index in [-0.39, 0.29) is 5.91 Å². The van der Waals surface area contributed by atoms with E-state index in [1.807, 2.05) is 6.08 Å². The van der Waals surface area contributed by atoms with Gasteiger partial charge in [0.05, 0.1) is 0 Å². The Morgan fingerprint density at radius 1 is 1.11 bits per heavy atom. The second kappa shape index (κ2) is 9.46. The Morgan fingerprint density at radius 2 is 1.89 bits per heavy atom. The van der Waals surface area contributed by atoms with Crippen molar-refractivity contribution in [1.29, 1.82) is 0 Å². The predicted molar refractivity (Wildman–Crippen MR) is 76.4 cm³/mol. The van der Waals surface area contributed by atoms with Gasteiger partial charge in [-0.05, 0) is 31.2 Å². The summed E-state index contributed by atoms with van der Waals surface area (Å²) in [6.07, 6.45) is 10.2. The average Bonchev–Trinajstić information content (AvgIpc) is 2.37. The first-order valence-electron chi connectivity index (χ1n) is 6.72. The minimum absolute atomic E-state index is 0.0301. The Kier molecular flexibility index (Phi) is 7.61. The highest BCUT2D eigenvalue weighted by Gasteiger charge is 1.91. The van der Waals surface area contributed by atoms with Gasteiger partial charge >= 0.3 is 0 Å². The molecule has 1 aromatic carbocycles. The lowest BCUT2D eigenvalue weighted by Gasteiger charge is -2.00. The summed E-state index contributed by atoms with van der Waals surface area (Å²) < 4.78 is 0. The van der Waals surface area contributed by atoms with Gasteiger partial charge in [-0.2, -0.15) is 0 Å². The fourth-order valence-corrected chi connectivity index (χ4v) is 1.82. The summed E-state index contributed by atoms with van der Waals surface area (Å²) in [5.41, 5.74) is 1.43. The number of benzene rings is 1. The first-order chi connectivity index (χ1) is 8.79. The molecule has 2 nitrogen and oxygen atoms in total. The van der Waals surface area contributed by atoms with E-state index in [1.54, 1.807) is 0 Å². The van der Waals surface area contributed by atoms with Gasteiger partial charge in [0.1, 0.15) is 0 Å². The summed E-state index contributed by atoms with van der Waals surface area (Å²) in [5.74, 6) is 0.0301. The maximum atomic E-state index is 10.6. The molecule has 0 saturated carbocycles. The highest BCUT2D eigenvalue weighted by molar-refractivity contribution is 5.72. The van der Waals surface area contributed by atoms with Crippen LogP contribution in [0.15, 0.2) is 42.5 Å². The Hall–Kier alpha value is -1.57. The SMILES string of the molecule is CC(=O)NCC=CCCCCCc1ccccc1. The summed E-state index contributed by atoms with van der Waals surface area (Å²) in [6.45, 7) is 2.19. The Balaban J connectivity index is 1.94. The monoisotopic (exact) mass is 245 g/mol. The molecule has 1 rings (SSSR count). The van der Waals surface area contributed by atoms with Crippen LogP contribution in [-0.2, 0) is 11.2 Å². The van der Waals surface area contributed by atoms with Crippen molar-refractivity contribution in [3.05, 3.63) is 48.0 Å². The summed E-state index contributed by atoms with van der Waals surface area (Å²) in [7, 11) is 0. The van der Waals surface area contributed by atoms with Crippen molar-refractivity contribution < 1.29 is 4.79 Å². The minimum atomic E-state index is 0.0301. The number of allylic oxidation sites excluding steroid dienone is 1. The normalized spacial score (nSPS) is 10.7. The van der Waals surface area contributed by atoms with Gasteiger partial charge in [-0.25, -0.2) is 0 Å². The number of carbonyl (C=O) groups is 1. The molecule has 0 radical (unpaired) electrons. The van der Waals surface area contributed by atoms with E-state index in [0.29, 0.717) is 6.54 Å². The molecule has 0 aromatic heterocycles. The zero-order valence-corrected chi connectivity index (χ0v) is 11.2. The fraction of sp³-hybridized carbons (Fsp3) is 0.438. The summed E-state index contributed by atoms with van der Waals surface area (Å²) in [5, 5.41) is 2.74. The molecule has 1 amide bonds. The topological polar surface area (TPSA) is 29.1 Å². The molecule has 0 aliphatic rings. The van der Waals surface area contributed by atoms with E-state index < -0.39 is 0 Å². The van der Waals surface area contributed by atoms with Gasteiger partial charge in [-0.1, -0.05) is 48.9 Å². The van der Waals surface area contributed by atoms with Gasteiger partial charge < -0.3 is 5.32 Å². The first kappa shape index (κ1) is 14.5. The standard InChI is InChI=1S/C16H23NO/c1-15(18)17-14-10-5-3-2-4-7-11-16-12-8-6-9-13-16/h5-6,8-10,12-13H,2-4,7,11,14H2,1H3,(H,17,18). The van der Waals surface area contributed by atoms with Crippen LogP contribution in [0.4, 0.5) is 0 Å². The van der Waals surface area contributed by atoms with Crippen LogP contribution in [0.25, 0.3) is 0 Å². The lowest BCUT2D eigenvalue weighted by Crippen LogP contribution is -2.19. The van der Waals surface area contributed by atoms with Crippen LogP contribution in [0.3, 0.4) is 0 Å². The molecule has 1 N–H and O–H groups in total. The molecule has 0 fully saturated rings. The van der Waals surface area contributed by atoms with E-state index in [0.717, 1.165) is 6.42 Å². The van der Waals surface area contributed by atoms with Crippen molar-refractivity contribution in [3.63, 3.8) is 0 Å². The molecule has 1 aromatic rings. The molecule has 0 aliphatic heterocycles. The van der Waals surface area contributed by atoms with Crippen LogP contribution < -0.4 is 5.32 Å². The number of amides is 1. The quantitative estimate of drug-likeness (QED) is 0.551. The molecule has 0 heterocycles. The number of rotatable bonds is 8. The minimum Gasteiger partial charge on any atom is -0.353 e. The summed E-state index contributed by atoms with van der Waals surface area (Å²) in [6, 6.07) is 10.6. The first-order valence-corrected chi connectivity index (χ1v) is 6.72. The highest BCUT2D eigenvalue weighted by atomic mass is 16.1. The van der Waals surface area contributed by atoms with Crippen LogP contribution in [0, 0.1) is 0 Å². The molecule has 98 valence electrons. The van der Waals surface area contributed by atoms with E-state index in [2.05, 4.69) is 41.7 Å². The second-order valence-corrected chi connectivity index (χ2v) is 4.49. The molecule has 0 spiro atoms. The smallest absolute Gasteiger partial charge is 0.217 e. The number of carbonyl (C=O) groups excluding carboxylic acids is 1. The van der Waals surface area contributed by atoms with Gasteiger partial charge in [0.15, 0.2) is 0 Å². The van der Waals surface area contributed by atoms with Crippen LogP contribution in [-0.4, -0.2) is 12.5 Å². The van der Waals surface area contributed by atoms with E-state index in [1.165, 1.54) is 38.2 Å². The average molecular weight is 245 g/mol. The Bertz CT molecular complexity index is 357. The van der Waals surface area contributed by atoms with E-state index in [9.17, 15) is 4.79 Å². The molecule has 0 aliphatic carbocycles. The highest BCUT2D eigenvalue weighted by Crippen LogP contribution is 2.07. The third kappa shape index (κ3) is 7.66. The lowest BCUT2D eigenvalue weighted by atomic mass is 10.1. The van der Waals surface area contributed by atoms with Crippen LogP contribution in [0.5, 0.6) is 0 Å². The van der Waals surface area contributed by atoms with Gasteiger partial charge in [0.25, 0.3) is 0 Å². The number of nitrogens with one attached hydrogen (secondary N) is 1. The molecule has 0 atom stereocenters. The molecular formula is C16H23NO. The third-order valence-electron chi connectivity index (χ3n) is 2.81. The van der Waals surface area contributed by atoms with Crippen molar-refractivity contribution in [3.8, 4) is 0 Å². The maximum absolute atomic E-state index is 10.6. The molecule has 0 saturated heterocycles. The Labute approximate surface area is 110 Å². The molecule has 2 heteroatoms. The van der Waals surface area contributed by atoms with Crippen molar-refractivity contribution in [2.24, 2.45) is 0 Å². The van der Waals surface area contributed by atoms with Crippen molar-refractivity contribution in [2.75, 3.05) is 6.54 Å². The largest absolute Gasteiger partial charge is 0.353 e. The maximum Gasteiger partial charge on any atom is 0.217 e. The summed E-state index contributed by atoms with van der Waals surface area (Å²) >= 11 is 0. The zero-order valence-electron chi connectivity index (χ0n) is 11.2. The molecule has 0 unspecified atom stereocenters. The summed E-state index contributed by atoms with van der Waals surface area (Å²) in [4.78, 5) is 10.6. The lowest BCUT2D eigenvalue weighted by molar-refractivity contribution is -0.118. The predicted octanol–water partition coefficient (Wildman–Crippen LogP) is 3.48. The van der Waals surface area contributed by atoms with Crippen molar-refractivity contribution >= 4 is 5.91 Å². The van der Waals surface area contributed by atoms with Gasteiger partial charge in [0, 0.05) is 13.5 Å². The number of hydrogen-bond donors (Lipinski definition) is 1. The third-order valence-corrected chi connectivity index (χ3v) is 2.81. The number of aryl methyl sites for hydroxylation is 1. The number of unbranched alkanes of at least 4 members (excludes halogenated alkanes) is 3. The number of hydrogen-bond acceptors (Lipinski definition) is 1. The van der Waals surface area contributed by atoms with Gasteiger partial charge in [-0.3, -0.25) is 4.79 Å². The van der Waals surface area contributed by atoms with Crippen molar-refractivity contribution in [2.45, 2.75) is 39.0 Å². The van der Waals surface area contributed by atoms with Gasteiger partial charge in [0.2, 0.25) is 5.91 Å². The van der Waals surface area contributed by atoms with Crippen LogP contribution in [0.2, 0.25) is 0 Å². The second-order valence-electron chi connectivity index (χ2n) is 4.49. The van der Waals surface area contributed by atoms with E-state index in [4.69, 9.17) is 0 Å². The van der Waals surface area contributed by atoms with Crippen molar-refractivity contribution in [1.82, 2.24) is 5.32 Å². The molecule has 18 heavy (non-hydrogen) atoms. The fourth-order valence-electron chi connectivity index (χ4n) is 1.82. The van der Waals surface area contributed by atoms with Crippen LogP contribution in [0.1, 0.15) is 38.2 Å². The zero-order chi connectivity index (χ0) is 13.1. The molecule has 0 bridgehead atoms. The van der Waals surface area contributed by atoms with E-state index >= 15 is 0 Å².